The van der Waals surface area contributed by atoms with Crippen molar-refractivity contribution in [1.29, 1.82) is 0 Å². The van der Waals surface area contributed by atoms with Crippen molar-refractivity contribution in [3.8, 4) is 0 Å². The van der Waals surface area contributed by atoms with Gasteiger partial charge in [0, 0.05) is 6.42 Å². The summed E-state index contributed by atoms with van der Waals surface area (Å²) in [6, 6.07) is -0.819. The summed E-state index contributed by atoms with van der Waals surface area (Å²) in [7, 11) is 0. The smallest absolute Gasteiger partial charge is 0.220 e. The van der Waals surface area contributed by atoms with Gasteiger partial charge in [0.2, 0.25) is 5.91 Å². The Labute approximate surface area is 464 Å². The first kappa shape index (κ1) is 71.7. The van der Waals surface area contributed by atoms with E-state index in [0.717, 1.165) is 38.5 Å². The lowest BCUT2D eigenvalue weighted by atomic mass is 9.99. The zero-order valence-electron chi connectivity index (χ0n) is 49.6. The van der Waals surface area contributed by atoms with E-state index in [1.54, 1.807) is 6.08 Å². The molecule has 75 heavy (non-hydrogen) atoms. The van der Waals surface area contributed by atoms with Crippen LogP contribution in [0.15, 0.2) is 24.3 Å². The minimum Gasteiger partial charge on any atom is -0.394 e. The number of hydrogen-bond acceptors (Lipinski definition) is 8. The van der Waals surface area contributed by atoms with Gasteiger partial charge in [-0.2, -0.15) is 0 Å². The van der Waals surface area contributed by atoms with E-state index in [-0.39, 0.29) is 12.5 Å². The Balaban J connectivity index is 2.14. The molecule has 0 aromatic heterocycles. The molecular formula is C66H127NO8. The van der Waals surface area contributed by atoms with Gasteiger partial charge in [-0.3, -0.25) is 4.79 Å². The Morgan fingerprint density at radius 3 is 1.12 bits per heavy atom. The molecule has 0 spiro atoms. The summed E-state index contributed by atoms with van der Waals surface area (Å²) in [6.45, 7) is 3.82. The van der Waals surface area contributed by atoms with Gasteiger partial charge in [-0.15, -0.1) is 0 Å². The van der Waals surface area contributed by atoms with Crippen molar-refractivity contribution < 1.29 is 39.8 Å². The Kier molecular flexibility index (Phi) is 53.5. The monoisotopic (exact) mass is 1060 g/mol. The molecule has 444 valence electrons. The SMILES string of the molecule is CCCCCCCCCCCCCCCCC/C=C/CC/C=C/C(O)C(COC1OC(CO)C(O)C(O)C1O)NC(=O)CCCCCCCCCCCCCCCCCCCCCCCCCCCCCCCCC. The summed E-state index contributed by atoms with van der Waals surface area (Å²) in [6.07, 6.45) is 65.7. The van der Waals surface area contributed by atoms with Gasteiger partial charge in [0.1, 0.15) is 24.4 Å². The molecule has 1 amide bonds. The molecule has 7 atom stereocenters. The van der Waals surface area contributed by atoms with Gasteiger partial charge in [0.15, 0.2) is 6.29 Å². The Bertz CT molecular complexity index is 1230. The molecule has 0 bridgehead atoms. The number of unbranched alkanes of at least 4 members (excludes halogenated alkanes) is 46. The van der Waals surface area contributed by atoms with E-state index in [1.807, 2.05) is 6.08 Å². The molecule has 1 fully saturated rings. The maximum atomic E-state index is 13.1. The van der Waals surface area contributed by atoms with E-state index in [0.29, 0.717) is 6.42 Å². The number of hydrogen-bond donors (Lipinski definition) is 6. The highest BCUT2D eigenvalue weighted by molar-refractivity contribution is 5.76. The zero-order valence-corrected chi connectivity index (χ0v) is 49.6. The van der Waals surface area contributed by atoms with Crippen LogP contribution in [0.25, 0.3) is 0 Å². The summed E-state index contributed by atoms with van der Waals surface area (Å²) < 4.78 is 11.3. The summed E-state index contributed by atoms with van der Waals surface area (Å²) in [5.74, 6) is -0.179. The quantitative estimate of drug-likeness (QED) is 0.0261. The van der Waals surface area contributed by atoms with Gasteiger partial charge >= 0.3 is 0 Å². The standard InChI is InChI=1S/C66H127NO8/c1-3-5-7-9-11-13-15-17-19-21-23-25-26-27-28-29-30-31-32-33-34-36-38-40-42-44-46-48-50-52-54-56-62(70)67-59(58-74-66-65(73)64(72)63(71)61(57-68)75-66)60(69)55-53-51-49-47-45-43-41-39-37-35-24-22-20-18-16-14-12-10-8-6-4-2/h45,47,53,55,59-61,63-66,68-69,71-73H,3-44,46,48-52,54,56-58H2,1-2H3,(H,67,70)/b47-45+,55-53+. The first-order valence-corrected chi connectivity index (χ1v) is 33.1. The van der Waals surface area contributed by atoms with Crippen LogP contribution >= 0.6 is 0 Å². The number of allylic oxidation sites excluding steroid dienone is 3. The van der Waals surface area contributed by atoms with Crippen molar-refractivity contribution in [1.82, 2.24) is 5.32 Å². The van der Waals surface area contributed by atoms with Crippen LogP contribution < -0.4 is 5.32 Å². The number of rotatable bonds is 58. The molecule has 0 aliphatic carbocycles. The first-order chi connectivity index (χ1) is 36.8. The average molecular weight is 1060 g/mol. The van der Waals surface area contributed by atoms with Crippen molar-refractivity contribution in [2.45, 2.75) is 378 Å². The Morgan fingerprint density at radius 1 is 0.440 bits per heavy atom. The van der Waals surface area contributed by atoms with Crippen LogP contribution in [0.5, 0.6) is 0 Å². The number of carbonyl (C=O) groups is 1. The number of nitrogens with one attached hydrogen (secondary N) is 1. The predicted molar refractivity (Wildman–Crippen MR) is 318 cm³/mol. The van der Waals surface area contributed by atoms with Crippen LogP contribution in [-0.4, -0.2) is 87.5 Å². The number of amides is 1. The van der Waals surface area contributed by atoms with Crippen LogP contribution in [0.4, 0.5) is 0 Å². The first-order valence-electron chi connectivity index (χ1n) is 33.1. The van der Waals surface area contributed by atoms with Crippen molar-refractivity contribution in [2.75, 3.05) is 13.2 Å². The topological polar surface area (TPSA) is 149 Å². The Morgan fingerprint density at radius 2 is 0.760 bits per heavy atom. The highest BCUT2D eigenvalue weighted by atomic mass is 16.7. The summed E-state index contributed by atoms with van der Waals surface area (Å²) >= 11 is 0. The molecule has 1 rings (SSSR count). The van der Waals surface area contributed by atoms with Crippen molar-refractivity contribution in [3.63, 3.8) is 0 Å². The molecule has 1 aliphatic rings. The fourth-order valence-electron chi connectivity index (χ4n) is 10.8. The van der Waals surface area contributed by atoms with Crippen molar-refractivity contribution in [3.05, 3.63) is 24.3 Å². The minimum absolute atomic E-state index is 0.179. The van der Waals surface area contributed by atoms with Gasteiger partial charge in [-0.25, -0.2) is 0 Å². The van der Waals surface area contributed by atoms with E-state index < -0.39 is 49.5 Å². The highest BCUT2D eigenvalue weighted by Crippen LogP contribution is 2.23. The molecule has 9 nitrogen and oxygen atoms in total. The largest absolute Gasteiger partial charge is 0.394 e. The van der Waals surface area contributed by atoms with E-state index >= 15 is 0 Å². The van der Waals surface area contributed by atoms with Crippen LogP contribution in [0, 0.1) is 0 Å². The van der Waals surface area contributed by atoms with Gasteiger partial charge in [0.05, 0.1) is 25.4 Å². The third kappa shape index (κ3) is 45.1. The second-order valence-corrected chi connectivity index (χ2v) is 23.3. The van der Waals surface area contributed by atoms with E-state index in [1.165, 1.54) is 276 Å². The van der Waals surface area contributed by atoms with Crippen LogP contribution in [0.1, 0.15) is 335 Å². The fourth-order valence-corrected chi connectivity index (χ4v) is 10.8. The maximum Gasteiger partial charge on any atom is 0.220 e. The summed E-state index contributed by atoms with van der Waals surface area (Å²) in [5, 5.41) is 54.6. The molecule has 0 radical (unpaired) electrons. The third-order valence-corrected chi connectivity index (χ3v) is 16.0. The second-order valence-electron chi connectivity index (χ2n) is 23.3. The van der Waals surface area contributed by atoms with E-state index in [4.69, 9.17) is 9.47 Å². The Hall–Kier alpha value is -1.33. The average Bonchev–Trinajstić information content (AvgIpc) is 3.41. The lowest BCUT2D eigenvalue weighted by Crippen LogP contribution is -2.60. The minimum atomic E-state index is -1.57. The molecule has 7 unspecified atom stereocenters. The molecule has 1 aliphatic heterocycles. The highest BCUT2D eigenvalue weighted by Gasteiger charge is 2.44. The predicted octanol–water partition coefficient (Wildman–Crippen LogP) is 17.3. The number of aliphatic hydroxyl groups is 5. The number of carbonyl (C=O) groups excluding carboxylic acids is 1. The maximum absolute atomic E-state index is 13.1. The van der Waals surface area contributed by atoms with E-state index in [2.05, 4.69) is 31.3 Å². The van der Waals surface area contributed by atoms with Crippen molar-refractivity contribution >= 4 is 5.91 Å². The molecule has 0 aromatic carbocycles. The summed E-state index contributed by atoms with van der Waals surface area (Å²) in [4.78, 5) is 13.1. The lowest BCUT2D eigenvalue weighted by Gasteiger charge is -2.40. The molecule has 1 heterocycles. The van der Waals surface area contributed by atoms with Gasteiger partial charge in [-0.1, -0.05) is 321 Å². The number of ether oxygens (including phenoxy) is 2. The van der Waals surface area contributed by atoms with Gasteiger partial charge < -0.3 is 40.3 Å². The molecule has 9 heteroatoms. The molecule has 0 aromatic rings. The second kappa shape index (κ2) is 56.0. The van der Waals surface area contributed by atoms with Gasteiger partial charge in [0.25, 0.3) is 0 Å². The normalized spacial score (nSPS) is 18.9. The zero-order chi connectivity index (χ0) is 54.3. The van der Waals surface area contributed by atoms with Crippen LogP contribution in [0.3, 0.4) is 0 Å². The van der Waals surface area contributed by atoms with E-state index in [9.17, 15) is 30.3 Å². The van der Waals surface area contributed by atoms with Crippen molar-refractivity contribution in [2.24, 2.45) is 0 Å². The fraction of sp³-hybridized carbons (Fsp3) is 0.924. The van der Waals surface area contributed by atoms with Gasteiger partial charge in [-0.05, 0) is 32.1 Å². The molecule has 1 saturated heterocycles. The third-order valence-electron chi connectivity index (χ3n) is 16.0. The number of aliphatic hydroxyl groups excluding tert-OH is 5. The van der Waals surface area contributed by atoms with Crippen LogP contribution in [0.2, 0.25) is 0 Å². The summed E-state index contributed by atoms with van der Waals surface area (Å²) in [5.41, 5.74) is 0. The molecule has 6 N–H and O–H groups in total. The molecular weight excluding hydrogens is 935 g/mol. The van der Waals surface area contributed by atoms with Crippen LogP contribution in [-0.2, 0) is 14.3 Å². The molecule has 0 saturated carbocycles. The lowest BCUT2D eigenvalue weighted by molar-refractivity contribution is -0.302.